The minimum absolute atomic E-state index is 0.809. The van der Waals surface area contributed by atoms with Crippen LogP contribution in [0.25, 0.3) is 122 Å². The highest BCUT2D eigenvalue weighted by molar-refractivity contribution is 6.13. The highest BCUT2D eigenvalue weighted by Crippen LogP contribution is 2.40. The summed E-state index contributed by atoms with van der Waals surface area (Å²) in [5.41, 5.74) is 17.8. The van der Waals surface area contributed by atoms with Gasteiger partial charge in [-0.05, 0) is 89.5 Å². The number of rotatable bonds is 6. The number of hydrogen-bond acceptors (Lipinski definition) is 3. The van der Waals surface area contributed by atoms with E-state index >= 15 is 0 Å². The minimum Gasteiger partial charge on any atom is -0.454 e. The third-order valence-electron chi connectivity index (χ3n) is 12.6. The molecule has 5 heterocycles. The van der Waals surface area contributed by atoms with E-state index in [1.165, 1.54) is 21.5 Å². The first-order valence-corrected chi connectivity index (χ1v) is 21.3. The number of hydrogen-bond donors (Lipinski definition) is 0. The van der Waals surface area contributed by atoms with Crippen LogP contribution in [-0.4, -0.2) is 19.1 Å². The maximum Gasteiger partial charge on any atom is 0.161 e. The van der Waals surface area contributed by atoms with Crippen LogP contribution in [0.2, 0.25) is 0 Å². The summed E-state index contributed by atoms with van der Waals surface area (Å²) in [5, 5.41) is 5.88. The summed E-state index contributed by atoms with van der Waals surface area (Å²) < 4.78 is 11.1. The summed E-state index contributed by atoms with van der Waals surface area (Å²) >= 11 is 0. The first-order chi connectivity index (χ1) is 31.2. The summed E-state index contributed by atoms with van der Waals surface area (Å²) in [4.78, 5) is 9.88. The molecule has 5 nitrogen and oxygen atoms in total. The fraction of sp³-hybridized carbons (Fsp3) is 0. The van der Waals surface area contributed by atoms with Crippen LogP contribution in [-0.2, 0) is 0 Å². The van der Waals surface area contributed by atoms with Gasteiger partial charge < -0.3 is 13.6 Å². The Morgan fingerprint density at radius 1 is 0.349 bits per heavy atom. The molecule has 8 aromatic carbocycles. The SMILES string of the molecule is c1ccc(-c2cc(-n3c4ccccc4c4ccc(-c5ccc6c(c5)c5ccccc5n6-c5ccc(-c6ccnc7c6oc6ccccc67)cc5)cc43)cc(-c3ccccc3)n2)cc1. The molecule has 0 saturated heterocycles. The van der Waals surface area contributed by atoms with Crippen molar-refractivity contribution in [2.24, 2.45) is 0 Å². The first kappa shape index (κ1) is 35.2. The van der Waals surface area contributed by atoms with E-state index in [9.17, 15) is 0 Å². The monoisotopic (exact) mass is 804 g/mol. The number of nitrogens with zero attached hydrogens (tertiary/aromatic N) is 4. The van der Waals surface area contributed by atoms with Crippen LogP contribution < -0.4 is 0 Å². The number of fused-ring (bicyclic) bond motifs is 9. The number of aromatic nitrogens is 4. The van der Waals surface area contributed by atoms with E-state index in [4.69, 9.17) is 9.40 Å². The van der Waals surface area contributed by atoms with E-state index in [0.29, 0.717) is 0 Å². The second-order valence-electron chi connectivity index (χ2n) is 16.2. The molecule has 0 unspecified atom stereocenters. The Hall–Kier alpha value is -8.54. The summed E-state index contributed by atoms with van der Waals surface area (Å²) in [6, 6.07) is 75.6. The van der Waals surface area contributed by atoms with Gasteiger partial charge in [0.15, 0.2) is 5.58 Å². The summed E-state index contributed by atoms with van der Waals surface area (Å²) in [7, 11) is 0. The average Bonchev–Trinajstić information content (AvgIpc) is 4.02. The number of benzene rings is 8. The number of para-hydroxylation sites is 3. The van der Waals surface area contributed by atoms with Gasteiger partial charge in [0, 0.05) is 55.5 Å². The van der Waals surface area contributed by atoms with Gasteiger partial charge in [-0.2, -0.15) is 0 Å². The Balaban J connectivity index is 0.946. The van der Waals surface area contributed by atoms with E-state index in [1.807, 2.05) is 30.5 Å². The molecule has 0 amide bonds. The van der Waals surface area contributed by atoms with Gasteiger partial charge in [0.25, 0.3) is 0 Å². The molecule has 13 aromatic rings. The van der Waals surface area contributed by atoms with E-state index < -0.39 is 0 Å². The second kappa shape index (κ2) is 14.0. The maximum atomic E-state index is 6.34. The standard InChI is InChI=1S/C58H36N4O/c1-3-13-38(14-4-1)50-35-43(36-51(60-50)39-15-5-2-6-16-39)62-52-20-10-7-17-45(52)47-29-25-41(34-55(47)62)40-26-30-54-49(33-40)46-18-8-11-21-53(46)61(54)42-27-23-37(24-28-42)44-31-32-59-57-48-19-9-12-22-56(48)63-58(44)57/h1-36H. The molecule has 0 aliphatic heterocycles. The van der Waals surface area contributed by atoms with Crippen LogP contribution in [0, 0.1) is 0 Å². The highest BCUT2D eigenvalue weighted by Gasteiger charge is 2.19. The second-order valence-corrected chi connectivity index (χ2v) is 16.2. The molecule has 0 spiro atoms. The molecule has 0 radical (unpaired) electrons. The lowest BCUT2D eigenvalue weighted by molar-refractivity contribution is 0.669. The lowest BCUT2D eigenvalue weighted by Gasteiger charge is -2.14. The Bertz CT molecular complexity index is 3840. The molecule has 0 N–H and O–H groups in total. The van der Waals surface area contributed by atoms with Gasteiger partial charge in [-0.1, -0.05) is 140 Å². The molecule has 13 rings (SSSR count). The third kappa shape index (κ3) is 5.64. The van der Waals surface area contributed by atoms with Crippen LogP contribution in [0.3, 0.4) is 0 Å². The molecular formula is C58H36N4O. The van der Waals surface area contributed by atoms with E-state index in [-0.39, 0.29) is 0 Å². The lowest BCUT2D eigenvalue weighted by atomic mass is 10.0. The third-order valence-corrected chi connectivity index (χ3v) is 12.6. The van der Waals surface area contributed by atoms with Gasteiger partial charge in [0.1, 0.15) is 11.1 Å². The molecule has 294 valence electrons. The molecule has 5 aromatic heterocycles. The quantitative estimate of drug-likeness (QED) is 0.168. The van der Waals surface area contributed by atoms with Crippen molar-refractivity contribution in [2.45, 2.75) is 0 Å². The first-order valence-electron chi connectivity index (χ1n) is 21.3. The predicted octanol–water partition coefficient (Wildman–Crippen LogP) is 15.2. The molecule has 0 saturated carbocycles. The molecule has 5 heteroatoms. The lowest BCUT2D eigenvalue weighted by Crippen LogP contribution is -1.98. The molecule has 0 aliphatic rings. The summed E-state index contributed by atoms with van der Waals surface area (Å²) in [5.74, 6) is 0. The van der Waals surface area contributed by atoms with Gasteiger partial charge >= 0.3 is 0 Å². The van der Waals surface area contributed by atoms with Crippen LogP contribution in [0.15, 0.2) is 223 Å². The highest BCUT2D eigenvalue weighted by atomic mass is 16.3. The molecule has 0 fully saturated rings. The Morgan fingerprint density at radius 3 is 1.60 bits per heavy atom. The Kier molecular flexibility index (Phi) is 7.84. The van der Waals surface area contributed by atoms with Crippen molar-refractivity contribution in [3.8, 4) is 56.1 Å². The molecule has 0 atom stereocenters. The zero-order valence-electron chi connectivity index (χ0n) is 34.0. The average molecular weight is 805 g/mol. The van der Waals surface area contributed by atoms with E-state index in [0.717, 1.165) is 100 Å². The normalized spacial score (nSPS) is 11.8. The van der Waals surface area contributed by atoms with Crippen molar-refractivity contribution in [3.05, 3.63) is 219 Å². The zero-order chi connectivity index (χ0) is 41.4. The molecule has 0 bridgehead atoms. The summed E-state index contributed by atoms with van der Waals surface area (Å²) in [6.45, 7) is 0. The summed E-state index contributed by atoms with van der Waals surface area (Å²) in [6.07, 6.45) is 1.87. The van der Waals surface area contributed by atoms with Crippen LogP contribution in [0.1, 0.15) is 0 Å². The largest absolute Gasteiger partial charge is 0.454 e. The van der Waals surface area contributed by atoms with Gasteiger partial charge in [-0.25, -0.2) is 4.98 Å². The van der Waals surface area contributed by atoms with Crippen LogP contribution >= 0.6 is 0 Å². The van der Waals surface area contributed by atoms with Gasteiger partial charge in [0.05, 0.1) is 39.1 Å². The fourth-order valence-electron chi connectivity index (χ4n) is 9.64. The topological polar surface area (TPSA) is 48.8 Å². The fourth-order valence-corrected chi connectivity index (χ4v) is 9.64. The molecular weight excluding hydrogens is 769 g/mol. The van der Waals surface area contributed by atoms with E-state index in [1.54, 1.807) is 0 Å². The minimum atomic E-state index is 0.809. The van der Waals surface area contributed by atoms with Crippen molar-refractivity contribution in [1.29, 1.82) is 0 Å². The Labute approximate surface area is 362 Å². The van der Waals surface area contributed by atoms with Crippen LogP contribution in [0.5, 0.6) is 0 Å². The zero-order valence-corrected chi connectivity index (χ0v) is 34.0. The van der Waals surface area contributed by atoms with Crippen molar-refractivity contribution in [2.75, 3.05) is 0 Å². The molecule has 63 heavy (non-hydrogen) atoms. The van der Waals surface area contributed by atoms with Gasteiger partial charge in [0.2, 0.25) is 0 Å². The maximum absolute atomic E-state index is 6.34. The number of pyridine rings is 2. The van der Waals surface area contributed by atoms with Crippen molar-refractivity contribution < 1.29 is 4.42 Å². The van der Waals surface area contributed by atoms with Crippen molar-refractivity contribution in [3.63, 3.8) is 0 Å². The van der Waals surface area contributed by atoms with E-state index in [2.05, 4.69) is 202 Å². The van der Waals surface area contributed by atoms with Crippen LogP contribution in [0.4, 0.5) is 0 Å². The molecule has 0 aliphatic carbocycles. The number of furan rings is 1. The Morgan fingerprint density at radius 2 is 0.889 bits per heavy atom. The smallest absolute Gasteiger partial charge is 0.161 e. The predicted molar refractivity (Wildman–Crippen MR) is 260 cm³/mol. The van der Waals surface area contributed by atoms with Crippen molar-refractivity contribution in [1.82, 2.24) is 19.1 Å². The van der Waals surface area contributed by atoms with Crippen molar-refractivity contribution >= 4 is 65.7 Å². The van der Waals surface area contributed by atoms with Gasteiger partial charge in [-0.15, -0.1) is 0 Å². The van der Waals surface area contributed by atoms with Gasteiger partial charge in [-0.3, -0.25) is 4.98 Å².